The molecule has 1 amide bonds. The van der Waals surface area contributed by atoms with Gasteiger partial charge in [-0.2, -0.15) is 13.2 Å². The quantitative estimate of drug-likeness (QED) is 0.383. The molecule has 0 atom stereocenters. The first-order valence-corrected chi connectivity index (χ1v) is 12.5. The molecule has 0 bridgehead atoms. The third kappa shape index (κ3) is 5.01. The Morgan fingerprint density at radius 2 is 1.77 bits per heavy atom. The lowest BCUT2D eigenvalue weighted by Gasteiger charge is -2.36. The second kappa shape index (κ2) is 10.2. The highest BCUT2D eigenvalue weighted by Crippen LogP contribution is 2.37. The number of alkyl halides is 3. The first kappa shape index (κ1) is 26.5. The maximum absolute atomic E-state index is 13.5. The van der Waals surface area contributed by atoms with Crippen molar-refractivity contribution in [3.05, 3.63) is 70.7 Å². The molecule has 1 aliphatic heterocycles. The van der Waals surface area contributed by atoms with E-state index in [1.165, 1.54) is 30.4 Å². The van der Waals surface area contributed by atoms with Gasteiger partial charge < -0.3 is 24.7 Å². The third-order valence-electron chi connectivity index (χ3n) is 7.07. The van der Waals surface area contributed by atoms with Crippen LogP contribution in [-0.2, 0) is 12.7 Å². The van der Waals surface area contributed by atoms with E-state index in [1.807, 2.05) is 0 Å². The molecule has 8 nitrogen and oxygen atoms in total. The van der Waals surface area contributed by atoms with Crippen LogP contribution in [0.25, 0.3) is 22.4 Å². The number of pyridine rings is 1. The molecule has 39 heavy (non-hydrogen) atoms. The number of carbonyl (C=O) groups excluding carboxylic acids is 1. The topological polar surface area (TPSA) is 97.7 Å². The van der Waals surface area contributed by atoms with Crippen molar-refractivity contribution in [1.29, 1.82) is 0 Å². The van der Waals surface area contributed by atoms with Crippen molar-refractivity contribution in [2.75, 3.05) is 38.2 Å². The van der Waals surface area contributed by atoms with Crippen molar-refractivity contribution in [3.63, 3.8) is 0 Å². The Morgan fingerprint density at radius 1 is 1.03 bits per heavy atom. The van der Waals surface area contributed by atoms with Crippen molar-refractivity contribution in [2.45, 2.75) is 26.6 Å². The summed E-state index contributed by atoms with van der Waals surface area (Å²) in [5.74, 6) is 0.140. The van der Waals surface area contributed by atoms with Crippen LogP contribution in [0.5, 0.6) is 5.75 Å². The van der Waals surface area contributed by atoms with Gasteiger partial charge in [0.05, 0.1) is 13.7 Å². The Balaban J connectivity index is 1.42. The highest BCUT2D eigenvalue weighted by molar-refractivity contribution is 5.98. The molecule has 1 aliphatic rings. The van der Waals surface area contributed by atoms with Gasteiger partial charge in [-0.15, -0.1) is 0 Å². The predicted molar refractivity (Wildman–Crippen MR) is 141 cm³/mol. The molecule has 0 saturated carbocycles. The second-order valence-corrected chi connectivity index (χ2v) is 9.45. The van der Waals surface area contributed by atoms with Gasteiger partial charge in [-0.05, 0) is 61.4 Å². The number of piperazine rings is 1. The van der Waals surface area contributed by atoms with Gasteiger partial charge in [0.2, 0.25) is 5.89 Å². The summed E-state index contributed by atoms with van der Waals surface area (Å²) in [5, 5.41) is 0.341. The number of fused-ring (bicyclic) bond motifs is 1. The van der Waals surface area contributed by atoms with Crippen LogP contribution in [0.3, 0.4) is 0 Å². The van der Waals surface area contributed by atoms with Crippen LogP contribution < -0.4 is 15.4 Å². The smallest absolute Gasteiger partial charge is 0.433 e. The molecule has 11 heteroatoms. The van der Waals surface area contributed by atoms with Crippen molar-refractivity contribution < 1.29 is 27.1 Å². The zero-order chi connectivity index (χ0) is 27.9. The van der Waals surface area contributed by atoms with E-state index < -0.39 is 11.9 Å². The summed E-state index contributed by atoms with van der Waals surface area (Å²) in [7, 11) is 1.35. The molecular weight excluding hydrogens is 511 g/mol. The van der Waals surface area contributed by atoms with E-state index in [0.29, 0.717) is 37.1 Å². The number of anilines is 1. The monoisotopic (exact) mass is 539 g/mol. The number of amides is 1. The molecule has 204 valence electrons. The number of hydrogen-bond donors (Lipinski definition) is 1. The van der Waals surface area contributed by atoms with Crippen LogP contribution in [-0.4, -0.2) is 54.1 Å². The zero-order valence-corrected chi connectivity index (χ0v) is 21.8. The van der Waals surface area contributed by atoms with Crippen molar-refractivity contribution in [1.82, 2.24) is 14.9 Å². The largest absolute Gasteiger partial charge is 0.494 e. The number of halogens is 3. The van der Waals surface area contributed by atoms with Crippen LogP contribution >= 0.6 is 0 Å². The number of aromatic nitrogens is 2. The molecule has 2 aromatic heterocycles. The van der Waals surface area contributed by atoms with Crippen molar-refractivity contribution in [3.8, 4) is 17.2 Å². The fraction of sp³-hybridized carbons (Fsp3) is 0.321. The van der Waals surface area contributed by atoms with Crippen LogP contribution in [0.4, 0.5) is 18.9 Å². The number of aryl methyl sites for hydroxylation is 2. The molecule has 0 spiro atoms. The number of methoxy groups -OCH3 is 1. The van der Waals surface area contributed by atoms with Crippen LogP contribution in [0, 0.1) is 13.8 Å². The first-order valence-electron chi connectivity index (χ1n) is 12.5. The molecular formula is C28H28F3N5O3. The van der Waals surface area contributed by atoms with Gasteiger partial charge in [-0.3, -0.25) is 4.79 Å². The Kier molecular flexibility index (Phi) is 6.94. The number of oxazole rings is 1. The molecule has 2 aromatic carbocycles. The maximum atomic E-state index is 13.5. The minimum absolute atomic E-state index is 0.00710. The average molecular weight is 540 g/mol. The molecule has 0 radical (unpaired) electrons. The normalized spacial score (nSPS) is 14.2. The fourth-order valence-electron chi connectivity index (χ4n) is 4.71. The van der Waals surface area contributed by atoms with Crippen LogP contribution in [0.1, 0.15) is 33.1 Å². The lowest BCUT2D eigenvalue weighted by molar-refractivity contribution is -0.140. The van der Waals surface area contributed by atoms with Crippen LogP contribution in [0.15, 0.2) is 46.9 Å². The molecule has 0 unspecified atom stereocenters. The Labute approximate surface area is 223 Å². The summed E-state index contributed by atoms with van der Waals surface area (Å²) in [6.45, 7) is 6.39. The minimum atomic E-state index is -4.62. The van der Waals surface area contributed by atoms with Gasteiger partial charge in [-0.25, -0.2) is 9.97 Å². The number of ether oxygens (including phenoxy) is 1. The Bertz CT molecular complexity index is 1540. The fourth-order valence-corrected chi connectivity index (χ4v) is 4.71. The minimum Gasteiger partial charge on any atom is -0.494 e. The third-order valence-corrected chi connectivity index (χ3v) is 7.07. The molecule has 5 rings (SSSR count). The second-order valence-electron chi connectivity index (χ2n) is 9.45. The summed E-state index contributed by atoms with van der Waals surface area (Å²) in [6, 6.07) is 11.6. The van der Waals surface area contributed by atoms with Crippen molar-refractivity contribution in [2.24, 2.45) is 5.73 Å². The summed E-state index contributed by atoms with van der Waals surface area (Å²) in [6.07, 6.45) is -4.62. The van der Waals surface area contributed by atoms with E-state index in [0.717, 1.165) is 11.8 Å². The summed E-state index contributed by atoms with van der Waals surface area (Å²) >= 11 is 0. The molecule has 2 N–H and O–H groups in total. The molecule has 4 aromatic rings. The SMILES string of the molecule is COc1ccc(-c2nc(C(=O)N3CCN(c4ccc(C)c(C)c4)CC3)c(CN)o2)c2ccc(C(F)(F)F)nc12. The lowest BCUT2D eigenvalue weighted by atomic mass is 10.1. The van der Waals surface area contributed by atoms with E-state index in [-0.39, 0.29) is 41.1 Å². The van der Waals surface area contributed by atoms with E-state index in [4.69, 9.17) is 14.9 Å². The molecule has 1 saturated heterocycles. The maximum Gasteiger partial charge on any atom is 0.433 e. The number of nitrogens with two attached hydrogens (primary N) is 1. The van der Waals surface area contributed by atoms with E-state index in [2.05, 4.69) is 46.9 Å². The number of carbonyl (C=O) groups is 1. The number of hydrogen-bond acceptors (Lipinski definition) is 7. The number of nitrogens with zero attached hydrogens (tertiary/aromatic N) is 4. The van der Waals surface area contributed by atoms with Gasteiger partial charge in [0.1, 0.15) is 17.0 Å². The van der Waals surface area contributed by atoms with Gasteiger partial charge in [0.25, 0.3) is 5.91 Å². The van der Waals surface area contributed by atoms with E-state index in [9.17, 15) is 18.0 Å². The summed E-state index contributed by atoms with van der Waals surface area (Å²) in [4.78, 5) is 25.6. The average Bonchev–Trinajstić information content (AvgIpc) is 3.37. The molecule has 0 aliphatic carbocycles. The summed E-state index contributed by atoms with van der Waals surface area (Å²) in [5.41, 5.74) is 8.88. The van der Waals surface area contributed by atoms with Crippen molar-refractivity contribution >= 4 is 22.5 Å². The number of benzene rings is 2. The van der Waals surface area contributed by atoms with E-state index in [1.54, 1.807) is 11.0 Å². The summed E-state index contributed by atoms with van der Waals surface area (Å²) < 4.78 is 51.0. The Morgan fingerprint density at radius 3 is 2.41 bits per heavy atom. The highest BCUT2D eigenvalue weighted by Gasteiger charge is 2.33. The van der Waals surface area contributed by atoms with E-state index >= 15 is 0 Å². The standard InChI is InChI=1S/C28H28F3N5O3/c1-16-4-5-18(14-17(16)2)35-10-12-36(13-11-35)27(37)25-22(15-32)39-26(34-25)20-6-8-21(38-3)24-19(20)7-9-23(33-24)28(29,30)31/h4-9,14H,10-13,15,32H2,1-3H3. The van der Waals surface area contributed by atoms with Gasteiger partial charge in [-0.1, -0.05) is 6.07 Å². The predicted octanol–water partition coefficient (Wildman–Crippen LogP) is 4.96. The van der Waals surface area contributed by atoms with Gasteiger partial charge >= 0.3 is 6.18 Å². The molecule has 1 fully saturated rings. The Hall–Kier alpha value is -4.12. The first-order chi connectivity index (χ1) is 18.6. The van der Waals surface area contributed by atoms with Gasteiger partial charge in [0.15, 0.2) is 11.5 Å². The van der Waals surface area contributed by atoms with Gasteiger partial charge in [0, 0.05) is 42.8 Å². The number of rotatable bonds is 5. The lowest BCUT2D eigenvalue weighted by Crippen LogP contribution is -2.49. The zero-order valence-electron chi connectivity index (χ0n) is 21.8. The van der Waals surface area contributed by atoms with Crippen LogP contribution in [0.2, 0.25) is 0 Å². The molecule has 3 heterocycles. The highest BCUT2D eigenvalue weighted by atomic mass is 19.4.